The fraction of sp³-hybridized carbons (Fsp3) is 0.667. The van der Waals surface area contributed by atoms with Crippen LogP contribution in [0.15, 0.2) is 18.2 Å². The van der Waals surface area contributed by atoms with Gasteiger partial charge in [0.2, 0.25) is 0 Å². The molecule has 0 saturated heterocycles. The molecule has 0 heterocycles. The zero-order valence-electron chi connectivity index (χ0n) is 26.1. The lowest BCUT2D eigenvalue weighted by Gasteiger charge is -2.26. The highest BCUT2D eigenvalue weighted by Gasteiger charge is 2.36. The van der Waals surface area contributed by atoms with Gasteiger partial charge in [0.25, 0.3) is 0 Å². The summed E-state index contributed by atoms with van der Waals surface area (Å²) < 4.78 is 36.3. The lowest BCUT2D eigenvalue weighted by Crippen LogP contribution is -2.51. The maximum atomic E-state index is 12.7. The first kappa shape index (κ1) is 36.5. The normalized spacial score (nSPS) is 13.9. The van der Waals surface area contributed by atoms with Crippen molar-refractivity contribution < 1.29 is 52.3 Å². The molecule has 0 aromatic heterocycles. The van der Waals surface area contributed by atoms with Crippen LogP contribution in [0.3, 0.4) is 0 Å². The molecule has 1 aromatic carbocycles. The molecule has 0 aliphatic heterocycles. The van der Waals surface area contributed by atoms with Crippen LogP contribution in [0.2, 0.25) is 0 Å². The molecule has 1 rings (SSSR count). The topological polar surface area (TPSA) is 159 Å². The summed E-state index contributed by atoms with van der Waals surface area (Å²) in [6.45, 7) is 13.0. The fourth-order valence-corrected chi connectivity index (χ4v) is 3.33. The summed E-state index contributed by atoms with van der Waals surface area (Å²) in [5.74, 6) is -0.932. The second-order valence-electron chi connectivity index (χ2n) is 10.8. The van der Waals surface area contributed by atoms with Crippen molar-refractivity contribution in [3.05, 3.63) is 23.8 Å². The summed E-state index contributed by atoms with van der Waals surface area (Å²) in [6.07, 6.45) is -1.30. The highest BCUT2D eigenvalue weighted by molar-refractivity contribution is 5.81. The lowest BCUT2D eigenvalue weighted by molar-refractivity contribution is -0.147. The maximum Gasteiger partial charge on any atom is 0.514 e. The Morgan fingerprint density at radius 1 is 0.786 bits per heavy atom. The molecular formula is C30H47NO11. The molecule has 0 saturated carbocycles. The summed E-state index contributed by atoms with van der Waals surface area (Å²) in [7, 11) is 1.19. The fourth-order valence-electron chi connectivity index (χ4n) is 3.33. The molecule has 0 aliphatic carbocycles. The zero-order chi connectivity index (χ0) is 31.9. The van der Waals surface area contributed by atoms with Crippen molar-refractivity contribution in [2.75, 3.05) is 20.3 Å². The Morgan fingerprint density at radius 2 is 1.33 bits per heavy atom. The van der Waals surface area contributed by atoms with Crippen LogP contribution >= 0.6 is 0 Å². The Hall–Kier alpha value is -3.54. The number of hydrogen-bond donors (Lipinski definition) is 1. The second-order valence-corrected chi connectivity index (χ2v) is 10.8. The first-order valence-corrected chi connectivity index (χ1v) is 14.3. The first-order chi connectivity index (χ1) is 19.7. The van der Waals surface area contributed by atoms with Gasteiger partial charge in [0, 0.05) is 12.8 Å². The molecule has 12 heteroatoms. The van der Waals surface area contributed by atoms with Crippen LogP contribution in [0.25, 0.3) is 0 Å². The number of methoxy groups -OCH3 is 1. The minimum absolute atomic E-state index is 0.0286. The average Bonchev–Trinajstić information content (AvgIpc) is 2.91. The van der Waals surface area contributed by atoms with Crippen LogP contribution in [0.5, 0.6) is 11.5 Å². The van der Waals surface area contributed by atoms with Crippen LogP contribution in [-0.4, -0.2) is 62.5 Å². The van der Waals surface area contributed by atoms with Crippen LogP contribution < -0.4 is 15.2 Å². The molecule has 42 heavy (non-hydrogen) atoms. The van der Waals surface area contributed by atoms with E-state index in [1.807, 2.05) is 34.6 Å². The monoisotopic (exact) mass is 597 g/mol. The Balaban J connectivity index is 3.14. The molecule has 2 N–H and O–H groups in total. The van der Waals surface area contributed by atoms with E-state index >= 15 is 0 Å². The highest BCUT2D eigenvalue weighted by Crippen LogP contribution is 2.32. The van der Waals surface area contributed by atoms with Gasteiger partial charge in [-0.25, -0.2) is 14.4 Å². The minimum Gasteiger partial charge on any atom is -0.468 e. The van der Waals surface area contributed by atoms with E-state index in [0.717, 1.165) is 19.3 Å². The molecule has 0 radical (unpaired) electrons. The largest absolute Gasteiger partial charge is 0.514 e. The van der Waals surface area contributed by atoms with E-state index in [4.69, 9.17) is 38.9 Å². The summed E-state index contributed by atoms with van der Waals surface area (Å²) >= 11 is 0. The van der Waals surface area contributed by atoms with E-state index in [2.05, 4.69) is 0 Å². The predicted molar refractivity (Wildman–Crippen MR) is 153 cm³/mol. The molecule has 0 bridgehead atoms. The van der Waals surface area contributed by atoms with Crippen LogP contribution in [-0.2, 0) is 34.9 Å². The summed E-state index contributed by atoms with van der Waals surface area (Å²) in [4.78, 5) is 49.5. The van der Waals surface area contributed by atoms with E-state index < -0.39 is 42.2 Å². The van der Waals surface area contributed by atoms with E-state index in [-0.39, 0.29) is 49.4 Å². The molecule has 0 fully saturated rings. The van der Waals surface area contributed by atoms with Crippen molar-refractivity contribution >= 4 is 24.4 Å². The Morgan fingerprint density at radius 3 is 1.86 bits per heavy atom. The second kappa shape index (κ2) is 18.1. The third-order valence-corrected chi connectivity index (χ3v) is 6.68. The van der Waals surface area contributed by atoms with Gasteiger partial charge in [-0.1, -0.05) is 53.5 Å². The SMILES string of the molecule is CCCCCOC(=O)OCC[C@@](N)(Cc1ccc(OC(=O)O[C@@H](C)C(C)C)c(OC(=O)OC(C)C(C)C)c1)C(=O)OC. The highest BCUT2D eigenvalue weighted by atomic mass is 16.8. The minimum atomic E-state index is -1.62. The summed E-state index contributed by atoms with van der Waals surface area (Å²) in [5.41, 5.74) is 5.23. The van der Waals surface area contributed by atoms with E-state index in [1.165, 1.54) is 25.3 Å². The van der Waals surface area contributed by atoms with E-state index in [9.17, 15) is 19.2 Å². The number of ether oxygens (including phenoxy) is 7. The van der Waals surface area contributed by atoms with Crippen molar-refractivity contribution in [2.45, 2.75) is 98.3 Å². The Kier molecular flexibility index (Phi) is 15.7. The Labute approximate surface area is 248 Å². The molecule has 1 unspecified atom stereocenters. The molecule has 0 amide bonds. The molecular weight excluding hydrogens is 550 g/mol. The quantitative estimate of drug-likeness (QED) is 0.103. The number of hydrogen-bond acceptors (Lipinski definition) is 12. The molecule has 0 aliphatic rings. The maximum absolute atomic E-state index is 12.7. The number of nitrogens with two attached hydrogens (primary N) is 1. The molecule has 12 nitrogen and oxygen atoms in total. The van der Waals surface area contributed by atoms with Crippen molar-refractivity contribution in [1.82, 2.24) is 0 Å². The van der Waals surface area contributed by atoms with Crippen LogP contribution in [0.4, 0.5) is 14.4 Å². The molecule has 3 atom stereocenters. The van der Waals surface area contributed by atoms with Crippen molar-refractivity contribution in [3.63, 3.8) is 0 Å². The number of benzene rings is 1. The Bertz CT molecular complexity index is 1030. The smallest absolute Gasteiger partial charge is 0.468 e. The molecule has 1 aromatic rings. The van der Waals surface area contributed by atoms with Crippen molar-refractivity contribution in [2.24, 2.45) is 17.6 Å². The van der Waals surface area contributed by atoms with Crippen LogP contribution in [0.1, 0.15) is 79.7 Å². The van der Waals surface area contributed by atoms with E-state index in [1.54, 1.807) is 13.8 Å². The summed E-state index contributed by atoms with van der Waals surface area (Å²) in [6, 6.07) is 4.31. The van der Waals surface area contributed by atoms with Gasteiger partial charge in [-0.3, -0.25) is 4.79 Å². The van der Waals surface area contributed by atoms with Gasteiger partial charge in [-0.15, -0.1) is 0 Å². The standard InChI is InChI=1S/C30H47NO11/c1-9-10-11-15-37-27(33)38-16-14-30(31,26(32)36-8)18-23-12-13-24(41-28(34)39-21(6)19(2)3)25(17-23)42-29(35)40-22(7)20(4)5/h12-13,17,19-22H,9-11,14-16,18,31H2,1-8H3/t21-,22?,30+/m0/s1. The van der Waals surface area contributed by atoms with Gasteiger partial charge < -0.3 is 38.9 Å². The first-order valence-electron chi connectivity index (χ1n) is 14.3. The van der Waals surface area contributed by atoms with Gasteiger partial charge in [0.15, 0.2) is 11.5 Å². The van der Waals surface area contributed by atoms with E-state index in [0.29, 0.717) is 5.56 Å². The van der Waals surface area contributed by atoms with Gasteiger partial charge in [-0.2, -0.15) is 0 Å². The van der Waals surface area contributed by atoms with Gasteiger partial charge in [0.05, 0.1) is 20.3 Å². The molecule has 0 spiro atoms. The van der Waals surface area contributed by atoms with Crippen molar-refractivity contribution in [3.8, 4) is 11.5 Å². The predicted octanol–water partition coefficient (Wildman–Crippen LogP) is 5.95. The number of esters is 1. The van der Waals surface area contributed by atoms with Crippen LogP contribution in [0, 0.1) is 11.8 Å². The number of carbonyl (C=O) groups excluding carboxylic acids is 4. The third-order valence-electron chi connectivity index (χ3n) is 6.68. The van der Waals surface area contributed by atoms with Crippen molar-refractivity contribution in [1.29, 1.82) is 0 Å². The number of rotatable bonds is 16. The third kappa shape index (κ3) is 13.0. The number of carbonyl (C=O) groups is 4. The van der Waals surface area contributed by atoms with Gasteiger partial charge in [0.1, 0.15) is 17.7 Å². The van der Waals surface area contributed by atoms with Gasteiger partial charge >= 0.3 is 24.4 Å². The van der Waals surface area contributed by atoms with Gasteiger partial charge in [-0.05, 0) is 49.8 Å². The molecule has 238 valence electrons. The average molecular weight is 598 g/mol. The lowest BCUT2D eigenvalue weighted by atomic mass is 9.88. The zero-order valence-corrected chi connectivity index (χ0v) is 26.1. The number of unbranched alkanes of at least 4 members (excludes halogenated alkanes) is 2. The summed E-state index contributed by atoms with van der Waals surface area (Å²) in [5, 5.41) is 0.